The lowest BCUT2D eigenvalue weighted by Crippen LogP contribution is -2.17. The van der Waals surface area contributed by atoms with Crippen molar-refractivity contribution in [2.75, 3.05) is 12.4 Å². The fraction of sp³-hybridized carbons (Fsp3) is 0.0833. The van der Waals surface area contributed by atoms with Gasteiger partial charge in [0.2, 0.25) is 5.95 Å². The molecular weight excluding hydrogens is 454 g/mol. The van der Waals surface area contributed by atoms with Crippen LogP contribution in [0.2, 0.25) is 0 Å². The number of hydrogen-bond acceptors (Lipinski definition) is 4. The summed E-state index contributed by atoms with van der Waals surface area (Å²) >= 11 is 0. The second-order valence-corrected chi connectivity index (χ2v) is 6.97. The van der Waals surface area contributed by atoms with Crippen LogP contribution in [0.1, 0.15) is 10.4 Å². The monoisotopic (exact) mass is 471 g/mol. The first kappa shape index (κ1) is 22.8. The number of aromatic nitrogens is 2. The van der Waals surface area contributed by atoms with E-state index >= 15 is 0 Å². The first-order chi connectivity index (χ1) is 16.4. The number of alkyl halides is 2. The van der Waals surface area contributed by atoms with E-state index in [4.69, 9.17) is 4.74 Å². The molecule has 0 radical (unpaired) electrons. The number of benzene rings is 3. The Kier molecular flexibility index (Phi) is 6.48. The number of ether oxygens (including phenoxy) is 2. The standard InChI is InChI=1S/C24H17F4N3O3/c1-33-17-11-18(25)21(19(26)12-17)31-20(14-5-3-2-4-6-14)13-29-24(31)30-22(32)15-7-9-16(10-8-15)34-23(27)28/h2-13,23H,1H3,(H,29,30,32). The van der Waals surface area contributed by atoms with Crippen molar-refractivity contribution in [1.82, 2.24) is 9.55 Å². The summed E-state index contributed by atoms with van der Waals surface area (Å²) in [5.74, 6) is -2.84. The van der Waals surface area contributed by atoms with Gasteiger partial charge in [0, 0.05) is 23.3 Å². The molecule has 1 heterocycles. The molecule has 4 aromatic rings. The molecule has 0 unspecified atom stereocenters. The van der Waals surface area contributed by atoms with E-state index in [0.29, 0.717) is 11.3 Å². The minimum absolute atomic E-state index is 0.0168. The molecule has 0 aliphatic heterocycles. The Morgan fingerprint density at radius 3 is 2.21 bits per heavy atom. The van der Waals surface area contributed by atoms with Gasteiger partial charge in [-0.2, -0.15) is 8.78 Å². The SMILES string of the molecule is COc1cc(F)c(-n2c(-c3ccccc3)cnc2NC(=O)c2ccc(OC(F)F)cc2)c(F)c1. The van der Waals surface area contributed by atoms with Gasteiger partial charge in [-0.1, -0.05) is 30.3 Å². The van der Waals surface area contributed by atoms with E-state index in [1.807, 2.05) is 0 Å². The molecule has 10 heteroatoms. The van der Waals surface area contributed by atoms with E-state index in [1.54, 1.807) is 30.3 Å². The Labute approximate surface area is 191 Å². The van der Waals surface area contributed by atoms with Crippen molar-refractivity contribution in [2.45, 2.75) is 6.61 Å². The number of nitrogens with one attached hydrogen (secondary N) is 1. The summed E-state index contributed by atoms with van der Waals surface area (Å²) in [5, 5.41) is 2.52. The molecular formula is C24H17F4N3O3. The minimum atomic E-state index is -3.00. The fourth-order valence-corrected chi connectivity index (χ4v) is 3.31. The third-order valence-corrected chi connectivity index (χ3v) is 4.85. The highest BCUT2D eigenvalue weighted by atomic mass is 19.3. The van der Waals surface area contributed by atoms with Crippen LogP contribution in [-0.2, 0) is 0 Å². The maximum absolute atomic E-state index is 15.0. The number of amides is 1. The van der Waals surface area contributed by atoms with Crippen LogP contribution in [0.25, 0.3) is 16.9 Å². The number of carbonyl (C=O) groups is 1. The molecule has 1 amide bonds. The summed E-state index contributed by atoms with van der Waals surface area (Å²) in [5.41, 5.74) is 0.541. The van der Waals surface area contributed by atoms with Crippen molar-refractivity contribution >= 4 is 11.9 Å². The van der Waals surface area contributed by atoms with Crippen molar-refractivity contribution in [3.63, 3.8) is 0 Å². The van der Waals surface area contributed by atoms with Crippen molar-refractivity contribution in [3.8, 4) is 28.4 Å². The topological polar surface area (TPSA) is 65.4 Å². The fourth-order valence-electron chi connectivity index (χ4n) is 3.31. The highest BCUT2D eigenvalue weighted by Gasteiger charge is 2.23. The third-order valence-electron chi connectivity index (χ3n) is 4.85. The normalized spacial score (nSPS) is 10.9. The Hall–Kier alpha value is -4.34. The Morgan fingerprint density at radius 2 is 1.62 bits per heavy atom. The molecule has 34 heavy (non-hydrogen) atoms. The Balaban J connectivity index is 1.76. The number of carbonyl (C=O) groups excluding carboxylic acids is 1. The molecule has 0 atom stereocenters. The third kappa shape index (κ3) is 4.70. The number of methoxy groups -OCH3 is 1. The van der Waals surface area contributed by atoms with Crippen LogP contribution in [0.15, 0.2) is 72.9 Å². The summed E-state index contributed by atoms with van der Waals surface area (Å²) < 4.78 is 65.0. The maximum atomic E-state index is 15.0. The zero-order valence-corrected chi connectivity index (χ0v) is 17.6. The van der Waals surface area contributed by atoms with Crippen molar-refractivity contribution in [1.29, 1.82) is 0 Å². The zero-order valence-electron chi connectivity index (χ0n) is 17.6. The van der Waals surface area contributed by atoms with Crippen LogP contribution in [0, 0.1) is 11.6 Å². The number of imidazole rings is 1. The highest BCUT2D eigenvalue weighted by molar-refractivity contribution is 6.03. The molecule has 0 spiro atoms. The summed E-state index contributed by atoms with van der Waals surface area (Å²) in [4.78, 5) is 16.9. The smallest absolute Gasteiger partial charge is 0.387 e. The van der Waals surface area contributed by atoms with Gasteiger partial charge in [0.05, 0.1) is 19.0 Å². The molecule has 1 N–H and O–H groups in total. The van der Waals surface area contributed by atoms with Gasteiger partial charge in [0.15, 0.2) is 11.6 Å². The Bertz CT molecular complexity index is 1290. The van der Waals surface area contributed by atoms with Crippen LogP contribution in [0.4, 0.5) is 23.5 Å². The molecule has 4 rings (SSSR count). The van der Waals surface area contributed by atoms with Gasteiger partial charge in [0.1, 0.15) is 17.2 Å². The van der Waals surface area contributed by atoms with Crippen LogP contribution in [-0.4, -0.2) is 29.2 Å². The molecule has 0 saturated heterocycles. The molecule has 0 saturated carbocycles. The molecule has 6 nitrogen and oxygen atoms in total. The first-order valence-corrected chi connectivity index (χ1v) is 9.90. The van der Waals surface area contributed by atoms with Gasteiger partial charge in [-0.25, -0.2) is 13.8 Å². The highest BCUT2D eigenvalue weighted by Crippen LogP contribution is 2.32. The number of rotatable bonds is 7. The van der Waals surface area contributed by atoms with Gasteiger partial charge in [-0.15, -0.1) is 0 Å². The Morgan fingerprint density at radius 1 is 0.971 bits per heavy atom. The average molecular weight is 471 g/mol. The van der Waals surface area contributed by atoms with Crippen LogP contribution < -0.4 is 14.8 Å². The zero-order chi connectivity index (χ0) is 24.2. The number of anilines is 1. The van der Waals surface area contributed by atoms with E-state index in [-0.39, 0.29) is 23.0 Å². The largest absolute Gasteiger partial charge is 0.497 e. The molecule has 0 fully saturated rings. The summed E-state index contributed by atoms with van der Waals surface area (Å²) in [6, 6.07) is 15.7. The molecule has 0 aliphatic rings. The number of halogens is 4. The predicted octanol–water partition coefficient (Wildman–Crippen LogP) is 5.68. The van der Waals surface area contributed by atoms with Crippen LogP contribution in [0.5, 0.6) is 11.5 Å². The van der Waals surface area contributed by atoms with Gasteiger partial charge in [0.25, 0.3) is 5.91 Å². The van der Waals surface area contributed by atoms with Crippen molar-refractivity contribution in [3.05, 3.63) is 90.1 Å². The van der Waals surface area contributed by atoms with E-state index < -0.39 is 29.8 Å². The van der Waals surface area contributed by atoms with E-state index in [0.717, 1.165) is 16.7 Å². The summed E-state index contributed by atoms with van der Waals surface area (Å²) in [6.07, 6.45) is 1.37. The lowest BCUT2D eigenvalue weighted by atomic mass is 10.1. The predicted molar refractivity (Wildman–Crippen MR) is 116 cm³/mol. The van der Waals surface area contributed by atoms with Gasteiger partial charge < -0.3 is 9.47 Å². The lowest BCUT2D eigenvalue weighted by Gasteiger charge is -2.15. The molecule has 0 bridgehead atoms. The quantitative estimate of drug-likeness (QED) is 0.352. The molecule has 0 aliphatic carbocycles. The van der Waals surface area contributed by atoms with E-state index in [2.05, 4.69) is 15.0 Å². The first-order valence-electron chi connectivity index (χ1n) is 9.90. The lowest BCUT2D eigenvalue weighted by molar-refractivity contribution is -0.0498. The molecule has 3 aromatic carbocycles. The summed E-state index contributed by atoms with van der Waals surface area (Å²) in [7, 11) is 1.28. The second-order valence-electron chi connectivity index (χ2n) is 6.97. The van der Waals surface area contributed by atoms with E-state index in [9.17, 15) is 22.4 Å². The average Bonchev–Trinajstić information content (AvgIpc) is 3.22. The maximum Gasteiger partial charge on any atom is 0.387 e. The van der Waals surface area contributed by atoms with Gasteiger partial charge >= 0.3 is 6.61 Å². The van der Waals surface area contributed by atoms with Crippen molar-refractivity contribution in [2.24, 2.45) is 0 Å². The van der Waals surface area contributed by atoms with Gasteiger partial charge in [-0.05, 0) is 24.3 Å². The minimum Gasteiger partial charge on any atom is -0.497 e. The van der Waals surface area contributed by atoms with Crippen LogP contribution >= 0.6 is 0 Å². The summed E-state index contributed by atoms with van der Waals surface area (Å²) in [6.45, 7) is -3.00. The molecule has 1 aromatic heterocycles. The number of nitrogens with zero attached hydrogens (tertiary/aromatic N) is 2. The van der Waals surface area contributed by atoms with Gasteiger partial charge in [-0.3, -0.25) is 14.7 Å². The number of hydrogen-bond donors (Lipinski definition) is 1. The molecule has 174 valence electrons. The van der Waals surface area contributed by atoms with Crippen LogP contribution in [0.3, 0.4) is 0 Å². The second kappa shape index (κ2) is 9.65. The van der Waals surface area contributed by atoms with E-state index in [1.165, 1.54) is 37.6 Å². The van der Waals surface area contributed by atoms with Crippen molar-refractivity contribution < 1.29 is 31.8 Å².